The Balaban J connectivity index is 0. The summed E-state index contributed by atoms with van der Waals surface area (Å²) in [4.78, 5) is 0. The van der Waals surface area contributed by atoms with E-state index in [2.05, 4.69) is 23.2 Å². The first-order chi connectivity index (χ1) is 3.73. The van der Waals surface area contributed by atoms with Gasteiger partial charge in [-0.15, -0.1) is 0 Å². The Morgan fingerprint density at radius 1 is 1.11 bits per heavy atom. The van der Waals surface area contributed by atoms with E-state index < -0.39 is 11.5 Å². The lowest BCUT2D eigenvalue weighted by molar-refractivity contribution is -0.0420. The molecule has 0 N–H and O–H groups in total. The highest BCUT2D eigenvalue weighted by Gasteiger charge is 2.20. The van der Waals surface area contributed by atoms with Crippen molar-refractivity contribution in [2.45, 2.75) is 11.5 Å². The van der Waals surface area contributed by atoms with Gasteiger partial charge in [0.25, 0.3) is 0 Å². The van der Waals surface area contributed by atoms with Gasteiger partial charge in [-0.05, 0) is 11.6 Å². The van der Waals surface area contributed by atoms with E-state index in [1.807, 2.05) is 0 Å². The number of hydrogen-bond donors (Lipinski definition) is 0. The van der Waals surface area contributed by atoms with Crippen LogP contribution in [0.15, 0.2) is 0 Å². The van der Waals surface area contributed by atoms with Gasteiger partial charge in [0.1, 0.15) is 0 Å². The Morgan fingerprint density at radius 2 is 1.11 bits per heavy atom. The topological polar surface area (TPSA) is 0 Å². The summed E-state index contributed by atoms with van der Waals surface area (Å²) in [6, 6.07) is 0. The van der Waals surface area contributed by atoms with E-state index in [0.717, 1.165) is 0 Å². The average molecular weight is 191 g/mol. The number of alkyl halides is 7. The number of rotatable bonds is 0. The fourth-order valence-corrected chi connectivity index (χ4v) is 0. The molecule has 0 unspecified atom stereocenters. The molecule has 0 aliphatic rings. The summed E-state index contributed by atoms with van der Waals surface area (Å²) in [5.41, 5.74) is -4.53. The highest BCUT2D eigenvalue weighted by Crippen LogP contribution is 2.18. The van der Waals surface area contributed by atoms with Crippen LogP contribution in [0.4, 0.5) is 22.0 Å². The molecule has 0 fully saturated rings. The molecule has 0 aromatic carbocycles. The Kier molecular flexibility index (Phi) is 6.71. The van der Waals surface area contributed by atoms with Gasteiger partial charge in [0.15, 0.2) is 0 Å². The third-order valence-corrected chi connectivity index (χ3v) is 0. The largest absolute Gasteiger partial charge is 0.475 e. The van der Waals surface area contributed by atoms with Crippen LogP contribution in [0.25, 0.3) is 0 Å². The van der Waals surface area contributed by atoms with Crippen LogP contribution in [0.5, 0.6) is 0 Å². The average Bonchev–Trinajstić information content (AvgIpc) is 1.19. The third-order valence-electron chi connectivity index (χ3n) is 0. The van der Waals surface area contributed by atoms with Crippen LogP contribution in [-0.4, -0.2) is 11.5 Å². The van der Waals surface area contributed by atoms with Crippen molar-refractivity contribution >= 4 is 23.2 Å². The van der Waals surface area contributed by atoms with Gasteiger partial charge < -0.3 is 0 Å². The van der Waals surface area contributed by atoms with Gasteiger partial charge in [-0.25, -0.2) is 0 Å². The molecule has 0 aromatic heterocycles. The van der Waals surface area contributed by atoms with Crippen LogP contribution in [0, 0.1) is 0 Å². The van der Waals surface area contributed by atoms with Crippen molar-refractivity contribution in [2.75, 3.05) is 0 Å². The summed E-state index contributed by atoms with van der Waals surface area (Å²) in [5, 5.41) is 0. The molecule has 0 aliphatic carbocycles. The van der Waals surface area contributed by atoms with Crippen LogP contribution in [0.2, 0.25) is 0 Å². The predicted octanol–water partition coefficient (Wildman–Crippen LogP) is 3.19. The number of halogens is 7. The predicted molar refractivity (Wildman–Crippen MR) is 23.8 cm³/mol. The van der Waals surface area contributed by atoms with Gasteiger partial charge in [0.2, 0.25) is 0 Å². The Labute approximate surface area is 57.5 Å². The molecular formula is C2HCl2F5. The molecule has 0 aliphatic heterocycles. The smallest absolute Gasteiger partial charge is 0.192 e. The molecule has 0 radical (unpaired) electrons. The molecule has 0 bridgehead atoms. The summed E-state index contributed by atoms with van der Waals surface area (Å²) >= 11 is 7.47. The Morgan fingerprint density at radius 3 is 1.11 bits per heavy atom. The highest BCUT2D eigenvalue weighted by molar-refractivity contribution is 6.20. The summed E-state index contributed by atoms with van der Waals surface area (Å²) in [6.45, 7) is 0. The lowest BCUT2D eigenvalue weighted by Crippen LogP contribution is -1.89. The molecule has 0 rings (SSSR count). The number of hydrogen-bond acceptors (Lipinski definition) is 0. The zero-order valence-corrected chi connectivity index (χ0v) is 5.23. The van der Waals surface area contributed by atoms with E-state index in [1.165, 1.54) is 0 Å². The molecule has 0 atom stereocenters. The van der Waals surface area contributed by atoms with E-state index in [4.69, 9.17) is 0 Å². The SMILES string of the molecule is FC(F)(F)Cl.FC(F)Cl. The van der Waals surface area contributed by atoms with Crippen molar-refractivity contribution in [3.05, 3.63) is 0 Å². The van der Waals surface area contributed by atoms with E-state index >= 15 is 0 Å². The Hall–Kier alpha value is 0.230. The molecule has 0 nitrogen and oxygen atoms in total. The Bertz CT molecular complexity index is 49.7. The van der Waals surface area contributed by atoms with E-state index in [-0.39, 0.29) is 0 Å². The van der Waals surface area contributed by atoms with Crippen molar-refractivity contribution in [1.29, 1.82) is 0 Å². The summed E-state index contributed by atoms with van der Waals surface area (Å²) < 4.78 is 50.6. The van der Waals surface area contributed by atoms with Gasteiger partial charge in [0, 0.05) is 0 Å². The molecule has 0 amide bonds. The van der Waals surface area contributed by atoms with Crippen LogP contribution in [-0.2, 0) is 0 Å². The summed E-state index contributed by atoms with van der Waals surface area (Å²) in [5.74, 6) is -2.69. The minimum Gasteiger partial charge on any atom is -0.192 e. The van der Waals surface area contributed by atoms with Crippen molar-refractivity contribution in [3.63, 3.8) is 0 Å². The molecule has 0 saturated carbocycles. The van der Waals surface area contributed by atoms with Crippen LogP contribution >= 0.6 is 23.2 Å². The van der Waals surface area contributed by atoms with Crippen LogP contribution in [0.1, 0.15) is 0 Å². The molecule has 0 heterocycles. The third kappa shape index (κ3) is 6040. The van der Waals surface area contributed by atoms with Crippen molar-refractivity contribution < 1.29 is 22.0 Å². The standard InChI is InChI=1S/CClF3.CHClF2/c2-1(3,4)5;2-1(3)4/h;1H. The molecule has 0 spiro atoms. The summed E-state index contributed by atoms with van der Waals surface area (Å²) in [7, 11) is 0. The normalized spacial score (nSPS) is 10.7. The molecule has 58 valence electrons. The second-order valence-corrected chi connectivity index (χ2v) is 1.43. The zero-order valence-electron chi connectivity index (χ0n) is 3.72. The second-order valence-electron chi connectivity index (χ2n) is 0.676. The van der Waals surface area contributed by atoms with Crippen molar-refractivity contribution in [1.82, 2.24) is 0 Å². The van der Waals surface area contributed by atoms with Gasteiger partial charge >= 0.3 is 11.5 Å². The first-order valence-electron chi connectivity index (χ1n) is 1.41. The molecular weight excluding hydrogens is 190 g/mol. The maximum atomic E-state index is 10.1. The van der Waals surface area contributed by atoms with Gasteiger partial charge in [-0.3, -0.25) is 0 Å². The van der Waals surface area contributed by atoms with E-state index in [0.29, 0.717) is 0 Å². The maximum Gasteiger partial charge on any atom is 0.475 e. The van der Waals surface area contributed by atoms with Crippen LogP contribution < -0.4 is 0 Å². The summed E-state index contributed by atoms with van der Waals surface area (Å²) in [6.07, 6.45) is 0. The van der Waals surface area contributed by atoms with Crippen molar-refractivity contribution in [3.8, 4) is 0 Å². The molecule has 0 saturated heterocycles. The minimum atomic E-state index is -4.53. The van der Waals surface area contributed by atoms with Gasteiger partial charge in [-0.1, -0.05) is 11.6 Å². The lowest BCUT2D eigenvalue weighted by Gasteiger charge is -1.84. The van der Waals surface area contributed by atoms with Crippen molar-refractivity contribution in [2.24, 2.45) is 0 Å². The van der Waals surface area contributed by atoms with Crippen LogP contribution in [0.3, 0.4) is 0 Å². The van der Waals surface area contributed by atoms with E-state index in [9.17, 15) is 22.0 Å². The second kappa shape index (κ2) is 5.05. The zero-order chi connectivity index (χ0) is 8.08. The minimum absolute atomic E-state index is 2.69. The fraction of sp³-hybridized carbons (Fsp3) is 1.00. The molecule has 0 aromatic rings. The lowest BCUT2D eigenvalue weighted by atomic mass is 11.6. The quantitative estimate of drug-likeness (QED) is 0.407. The van der Waals surface area contributed by atoms with Gasteiger partial charge in [0.05, 0.1) is 0 Å². The maximum absolute atomic E-state index is 10.1. The van der Waals surface area contributed by atoms with E-state index in [1.54, 1.807) is 0 Å². The first kappa shape index (κ1) is 12.0. The highest BCUT2D eigenvalue weighted by atomic mass is 35.5. The van der Waals surface area contributed by atoms with Gasteiger partial charge in [-0.2, -0.15) is 22.0 Å². The molecule has 7 heteroatoms. The molecule has 9 heavy (non-hydrogen) atoms. The first-order valence-corrected chi connectivity index (χ1v) is 2.22. The fourth-order valence-electron chi connectivity index (χ4n) is 0. The monoisotopic (exact) mass is 190 g/mol.